The van der Waals surface area contributed by atoms with Crippen LogP contribution in [0.1, 0.15) is 29.5 Å². The van der Waals surface area contributed by atoms with Crippen LogP contribution in [0.25, 0.3) is 0 Å². The molecule has 1 aliphatic rings. The lowest BCUT2D eigenvalue weighted by Crippen LogP contribution is -2.37. The smallest absolute Gasteiger partial charge is 0.259 e. The molecule has 22 heavy (non-hydrogen) atoms. The summed E-state index contributed by atoms with van der Waals surface area (Å²) in [5.41, 5.74) is 2.50. The number of hydrogen-bond donors (Lipinski definition) is 0. The van der Waals surface area contributed by atoms with E-state index in [1.54, 1.807) is 14.0 Å². The molecule has 2 amide bonds. The third-order valence-electron chi connectivity index (χ3n) is 3.56. The van der Waals surface area contributed by atoms with Gasteiger partial charge in [0.25, 0.3) is 11.8 Å². The summed E-state index contributed by atoms with van der Waals surface area (Å²) in [6.45, 7) is 3.75. The molecule has 0 radical (unpaired) electrons. The summed E-state index contributed by atoms with van der Waals surface area (Å²) < 4.78 is 0.859. The molecule has 1 fully saturated rings. The first kappa shape index (κ1) is 16.4. The molecule has 0 spiro atoms. The van der Waals surface area contributed by atoms with Gasteiger partial charge in [0.05, 0.1) is 0 Å². The average molecular weight is 406 g/mol. The predicted octanol–water partition coefficient (Wildman–Crippen LogP) is 1.90. The number of carbonyl (C=O) groups is 2. The van der Waals surface area contributed by atoms with Crippen LogP contribution in [0.3, 0.4) is 0 Å². The normalized spacial score (nSPS) is 17.3. The van der Waals surface area contributed by atoms with Gasteiger partial charge < -0.3 is 0 Å². The molecule has 0 aromatic heterocycles. The molecule has 5 heteroatoms. The van der Waals surface area contributed by atoms with Crippen LogP contribution in [0, 0.1) is 34.7 Å². The Morgan fingerprint density at radius 1 is 1.32 bits per heavy atom. The molecular weight excluding hydrogens is 391 g/mol. The van der Waals surface area contributed by atoms with E-state index in [1.807, 2.05) is 19.1 Å². The molecule has 0 aliphatic carbocycles. The van der Waals surface area contributed by atoms with Gasteiger partial charge in [0.2, 0.25) is 0 Å². The van der Waals surface area contributed by atoms with Gasteiger partial charge >= 0.3 is 0 Å². The first-order valence-electron chi connectivity index (χ1n) is 6.67. The van der Waals surface area contributed by atoms with Gasteiger partial charge in [-0.25, -0.2) is 5.01 Å². The van der Waals surface area contributed by atoms with Crippen molar-refractivity contribution in [2.75, 3.05) is 13.6 Å². The Hall–Kier alpha value is -1.99. The van der Waals surface area contributed by atoms with E-state index in [4.69, 9.17) is 6.42 Å². The van der Waals surface area contributed by atoms with Crippen LogP contribution in [0.5, 0.6) is 0 Å². The third kappa shape index (κ3) is 2.69. The molecule has 0 saturated carbocycles. The monoisotopic (exact) mass is 406 g/mol. The van der Waals surface area contributed by atoms with Crippen LogP contribution in [0.15, 0.2) is 12.1 Å². The summed E-state index contributed by atoms with van der Waals surface area (Å²) >= 11 is 2.15. The lowest BCUT2D eigenvalue weighted by atomic mass is 9.92. The molecule has 4 nitrogen and oxygen atoms in total. The number of amides is 2. The second-order valence-corrected chi connectivity index (χ2v) is 6.12. The lowest BCUT2D eigenvalue weighted by Gasteiger charge is -2.20. The summed E-state index contributed by atoms with van der Waals surface area (Å²) in [6.07, 6.45) is 5.28. The number of benzene rings is 1. The lowest BCUT2D eigenvalue weighted by molar-refractivity contribution is -0.142. The summed E-state index contributed by atoms with van der Waals surface area (Å²) in [6, 6.07) is 3.79. The van der Waals surface area contributed by atoms with Gasteiger partial charge in [-0.05, 0) is 59.7 Å². The third-order valence-corrected chi connectivity index (χ3v) is 4.46. The van der Waals surface area contributed by atoms with Crippen molar-refractivity contribution >= 4 is 34.4 Å². The second-order valence-electron chi connectivity index (χ2n) is 4.96. The van der Waals surface area contributed by atoms with Crippen molar-refractivity contribution < 1.29 is 9.59 Å². The van der Waals surface area contributed by atoms with E-state index in [0.717, 1.165) is 20.3 Å². The topological polar surface area (TPSA) is 40.6 Å². The highest BCUT2D eigenvalue weighted by Crippen LogP contribution is 2.33. The molecule has 1 saturated heterocycles. The minimum Gasteiger partial charge on any atom is -0.272 e. The van der Waals surface area contributed by atoms with E-state index in [2.05, 4.69) is 40.4 Å². The Morgan fingerprint density at radius 2 is 2.00 bits per heavy atom. The number of carbonyl (C=O) groups excluding carboxylic acids is 2. The van der Waals surface area contributed by atoms with Crippen molar-refractivity contribution in [2.24, 2.45) is 0 Å². The number of hydrogen-bond acceptors (Lipinski definition) is 2. The maximum Gasteiger partial charge on any atom is 0.259 e. The van der Waals surface area contributed by atoms with Crippen molar-refractivity contribution in [3.8, 4) is 24.2 Å². The number of rotatable bonds is 2. The first-order chi connectivity index (χ1) is 10.4. The Bertz CT molecular complexity index is 729. The molecule has 0 bridgehead atoms. The second kappa shape index (κ2) is 6.41. The van der Waals surface area contributed by atoms with Crippen LogP contribution >= 0.6 is 22.6 Å². The quantitative estimate of drug-likeness (QED) is 0.428. The molecule has 1 heterocycles. The van der Waals surface area contributed by atoms with E-state index in [-0.39, 0.29) is 18.4 Å². The number of terminal acetylenes is 1. The zero-order chi connectivity index (χ0) is 16.4. The zero-order valence-electron chi connectivity index (χ0n) is 12.6. The van der Waals surface area contributed by atoms with Crippen molar-refractivity contribution in [2.45, 2.75) is 19.8 Å². The standard InChI is InChI=1S/C17H15IN2O2/c1-5-7-12-9-11(3)14(13(18)10-12)15-16(21)19(4)20(8-6-2)17(15)22/h2,9-10,15H,8H2,1,3-4H3. The molecular formula is C17H15IN2O2. The summed E-state index contributed by atoms with van der Waals surface area (Å²) in [7, 11) is 1.57. The van der Waals surface area contributed by atoms with Crippen LogP contribution in [0.2, 0.25) is 0 Å². The van der Waals surface area contributed by atoms with Gasteiger partial charge in [-0.2, -0.15) is 0 Å². The SMILES string of the molecule is C#CCN1C(=O)C(c2c(C)cc(C#CC)cc2I)C(=O)N1C. The highest BCUT2D eigenvalue weighted by molar-refractivity contribution is 14.1. The van der Waals surface area contributed by atoms with Crippen molar-refractivity contribution in [1.29, 1.82) is 0 Å². The van der Waals surface area contributed by atoms with Gasteiger partial charge in [0, 0.05) is 16.2 Å². The van der Waals surface area contributed by atoms with E-state index in [1.165, 1.54) is 10.0 Å². The van der Waals surface area contributed by atoms with Crippen LogP contribution < -0.4 is 0 Å². The first-order valence-corrected chi connectivity index (χ1v) is 7.75. The Kier molecular flexibility index (Phi) is 4.77. The van der Waals surface area contributed by atoms with E-state index < -0.39 is 5.92 Å². The number of aryl methyl sites for hydroxylation is 1. The molecule has 1 aromatic carbocycles. The fourth-order valence-corrected chi connectivity index (χ4v) is 3.64. The molecule has 1 aromatic rings. The fourth-order valence-electron chi connectivity index (χ4n) is 2.56. The highest BCUT2D eigenvalue weighted by Gasteiger charge is 2.45. The number of hydrazine groups is 1. The summed E-state index contributed by atoms with van der Waals surface area (Å²) in [5.74, 6) is 6.90. The summed E-state index contributed by atoms with van der Waals surface area (Å²) in [5, 5.41) is 2.62. The van der Waals surface area contributed by atoms with Crippen molar-refractivity contribution in [3.05, 3.63) is 32.4 Å². The van der Waals surface area contributed by atoms with Crippen molar-refractivity contribution in [3.63, 3.8) is 0 Å². The van der Waals surface area contributed by atoms with Crippen LogP contribution in [0.4, 0.5) is 0 Å². The maximum absolute atomic E-state index is 12.6. The van der Waals surface area contributed by atoms with Gasteiger partial charge in [-0.3, -0.25) is 14.6 Å². The molecule has 1 unspecified atom stereocenters. The van der Waals surface area contributed by atoms with Gasteiger partial charge in [0.15, 0.2) is 0 Å². The Balaban J connectivity index is 2.52. The minimum absolute atomic E-state index is 0.0899. The molecule has 1 atom stereocenters. The average Bonchev–Trinajstić information content (AvgIpc) is 2.65. The largest absolute Gasteiger partial charge is 0.272 e. The molecule has 112 valence electrons. The molecule has 1 aliphatic heterocycles. The predicted molar refractivity (Wildman–Crippen MR) is 92.5 cm³/mol. The number of halogens is 1. The minimum atomic E-state index is -0.825. The summed E-state index contributed by atoms with van der Waals surface area (Å²) in [4.78, 5) is 25.0. The van der Waals surface area contributed by atoms with Crippen molar-refractivity contribution in [1.82, 2.24) is 10.0 Å². The highest BCUT2D eigenvalue weighted by atomic mass is 127. The zero-order valence-corrected chi connectivity index (χ0v) is 14.8. The van der Waals surface area contributed by atoms with Gasteiger partial charge in [-0.15, -0.1) is 12.3 Å². The van der Waals surface area contributed by atoms with E-state index in [0.29, 0.717) is 0 Å². The Morgan fingerprint density at radius 3 is 2.55 bits per heavy atom. The van der Waals surface area contributed by atoms with Gasteiger partial charge in [0.1, 0.15) is 12.5 Å². The molecule has 0 N–H and O–H groups in total. The van der Waals surface area contributed by atoms with Crippen LogP contribution in [-0.4, -0.2) is 35.4 Å². The van der Waals surface area contributed by atoms with Crippen LogP contribution in [-0.2, 0) is 9.59 Å². The fraction of sp³-hybridized carbons (Fsp3) is 0.294. The maximum atomic E-state index is 12.6. The van der Waals surface area contributed by atoms with E-state index in [9.17, 15) is 9.59 Å². The number of likely N-dealkylation sites (N-methyl/N-ethyl adjacent to an activating group) is 1. The molecule has 2 rings (SSSR count). The Labute approximate surface area is 144 Å². The van der Waals surface area contributed by atoms with Gasteiger partial charge in [-0.1, -0.05) is 11.8 Å². The number of nitrogens with zero attached hydrogens (tertiary/aromatic N) is 2. The van der Waals surface area contributed by atoms with E-state index >= 15 is 0 Å².